The highest BCUT2D eigenvalue weighted by atomic mass is 35.5. The topological polar surface area (TPSA) is 64.4 Å². The number of thioether (sulfide) groups is 1. The molecule has 0 radical (unpaired) electrons. The fraction of sp³-hybridized carbons (Fsp3) is 0.318. The zero-order valence-electron chi connectivity index (χ0n) is 16.4. The number of imidazole rings is 1. The maximum absolute atomic E-state index is 12.2. The third-order valence-corrected chi connectivity index (χ3v) is 6.18. The summed E-state index contributed by atoms with van der Waals surface area (Å²) in [6.45, 7) is 1.92. The summed E-state index contributed by atoms with van der Waals surface area (Å²) in [7, 11) is 0. The summed E-state index contributed by atoms with van der Waals surface area (Å²) in [6.07, 6.45) is 2.02. The Balaban J connectivity index is 1.44. The smallest absolute Gasteiger partial charge is 0.316 e. The molecule has 0 atom stereocenters. The lowest BCUT2D eigenvalue weighted by Gasteiger charge is -2.14. The van der Waals surface area contributed by atoms with Gasteiger partial charge >= 0.3 is 5.97 Å². The highest BCUT2D eigenvalue weighted by Crippen LogP contribution is 2.27. The number of hydrogen-bond donors (Lipinski definition) is 0. The van der Waals surface area contributed by atoms with Crippen LogP contribution in [0.2, 0.25) is 5.02 Å². The van der Waals surface area contributed by atoms with Gasteiger partial charge in [0.25, 0.3) is 5.91 Å². The number of hydrogen-bond acceptors (Lipinski definition) is 5. The van der Waals surface area contributed by atoms with Gasteiger partial charge < -0.3 is 14.2 Å². The van der Waals surface area contributed by atoms with E-state index in [4.69, 9.17) is 16.3 Å². The van der Waals surface area contributed by atoms with Crippen molar-refractivity contribution in [1.82, 2.24) is 14.5 Å². The predicted octanol–water partition coefficient (Wildman–Crippen LogP) is 4.00. The van der Waals surface area contributed by atoms with Crippen molar-refractivity contribution >= 4 is 46.3 Å². The summed E-state index contributed by atoms with van der Waals surface area (Å²) in [6, 6.07) is 15.6. The van der Waals surface area contributed by atoms with Gasteiger partial charge in [-0.3, -0.25) is 9.59 Å². The number of likely N-dealkylation sites (tertiary alicyclic amines) is 1. The van der Waals surface area contributed by atoms with Gasteiger partial charge in [-0.25, -0.2) is 4.98 Å². The molecule has 30 heavy (non-hydrogen) atoms. The molecule has 0 unspecified atom stereocenters. The van der Waals surface area contributed by atoms with Crippen LogP contribution < -0.4 is 0 Å². The van der Waals surface area contributed by atoms with Crippen LogP contribution >= 0.6 is 23.4 Å². The minimum atomic E-state index is -0.427. The number of halogens is 1. The van der Waals surface area contributed by atoms with E-state index in [1.165, 1.54) is 11.8 Å². The number of amides is 1. The maximum atomic E-state index is 12.2. The van der Waals surface area contributed by atoms with Crippen molar-refractivity contribution in [1.29, 1.82) is 0 Å². The number of aromatic nitrogens is 2. The molecule has 0 aliphatic carbocycles. The lowest BCUT2D eigenvalue weighted by Crippen LogP contribution is -2.32. The zero-order chi connectivity index (χ0) is 20.9. The average molecular weight is 444 g/mol. The molecule has 0 spiro atoms. The highest BCUT2D eigenvalue weighted by Gasteiger charge is 2.20. The summed E-state index contributed by atoms with van der Waals surface area (Å²) in [5.74, 6) is -0.472. The second kappa shape index (κ2) is 9.53. The Bertz CT molecular complexity index is 1050. The average Bonchev–Trinajstić information content (AvgIpc) is 3.40. The molecule has 1 aromatic heterocycles. The van der Waals surface area contributed by atoms with Crippen molar-refractivity contribution in [2.24, 2.45) is 0 Å². The normalized spacial score (nSPS) is 13.7. The summed E-state index contributed by atoms with van der Waals surface area (Å²) in [5, 5.41) is 1.32. The monoisotopic (exact) mass is 443 g/mol. The number of nitrogens with zero attached hydrogens (tertiary/aromatic N) is 3. The first-order valence-electron chi connectivity index (χ1n) is 9.86. The minimum Gasteiger partial charge on any atom is -0.455 e. The summed E-state index contributed by atoms with van der Waals surface area (Å²) >= 11 is 7.43. The largest absolute Gasteiger partial charge is 0.455 e. The number of benzene rings is 2. The van der Waals surface area contributed by atoms with Gasteiger partial charge in [-0.15, -0.1) is 0 Å². The van der Waals surface area contributed by atoms with Crippen LogP contribution in [-0.2, 0) is 20.9 Å². The zero-order valence-corrected chi connectivity index (χ0v) is 18.0. The van der Waals surface area contributed by atoms with Gasteiger partial charge in [0, 0.05) is 18.1 Å². The van der Waals surface area contributed by atoms with Gasteiger partial charge in [-0.2, -0.15) is 0 Å². The van der Waals surface area contributed by atoms with Crippen molar-refractivity contribution < 1.29 is 14.3 Å². The summed E-state index contributed by atoms with van der Waals surface area (Å²) < 4.78 is 7.24. The number of carbonyl (C=O) groups is 2. The van der Waals surface area contributed by atoms with Crippen molar-refractivity contribution in [3.8, 4) is 0 Å². The molecule has 0 N–H and O–H groups in total. The first kappa shape index (κ1) is 20.8. The molecule has 8 heteroatoms. The molecule has 1 aliphatic rings. The summed E-state index contributed by atoms with van der Waals surface area (Å²) in [4.78, 5) is 30.6. The Labute approximate surface area is 184 Å². The second-order valence-corrected chi connectivity index (χ2v) is 8.52. The fourth-order valence-electron chi connectivity index (χ4n) is 3.48. The van der Waals surface area contributed by atoms with Crippen LogP contribution in [0.25, 0.3) is 11.0 Å². The molecular weight excluding hydrogens is 422 g/mol. The van der Waals surface area contributed by atoms with Crippen LogP contribution in [0.4, 0.5) is 0 Å². The standard InChI is InChI=1S/C22H22ClN3O3S/c23-17-8-9-19-18(12-17)24-22(26(19)13-16-6-2-1-3-7-16)30-15-21(28)29-14-20(27)25-10-4-5-11-25/h1-3,6-9,12H,4-5,10-11,13-15H2. The van der Waals surface area contributed by atoms with E-state index in [9.17, 15) is 9.59 Å². The maximum Gasteiger partial charge on any atom is 0.316 e. The van der Waals surface area contributed by atoms with Crippen LogP contribution in [0.1, 0.15) is 18.4 Å². The van der Waals surface area contributed by atoms with Crippen LogP contribution in [0.15, 0.2) is 53.7 Å². The van der Waals surface area contributed by atoms with Crippen molar-refractivity contribution in [2.75, 3.05) is 25.4 Å². The predicted molar refractivity (Wildman–Crippen MR) is 118 cm³/mol. The van der Waals surface area contributed by atoms with E-state index in [1.54, 1.807) is 4.90 Å². The van der Waals surface area contributed by atoms with Crippen LogP contribution in [0, 0.1) is 0 Å². The third kappa shape index (κ3) is 4.96. The Kier molecular flexibility index (Phi) is 6.59. The number of ether oxygens (including phenoxy) is 1. The van der Waals surface area contributed by atoms with E-state index in [1.807, 2.05) is 36.4 Å². The Morgan fingerprint density at radius 3 is 2.63 bits per heavy atom. The van der Waals surface area contributed by atoms with Gasteiger partial charge in [0.05, 0.1) is 23.3 Å². The van der Waals surface area contributed by atoms with Gasteiger partial charge in [-0.1, -0.05) is 53.7 Å². The molecule has 2 aromatic carbocycles. The van der Waals surface area contributed by atoms with E-state index in [0.717, 1.165) is 42.5 Å². The molecular formula is C22H22ClN3O3S. The van der Waals surface area contributed by atoms with E-state index >= 15 is 0 Å². The third-order valence-electron chi connectivity index (χ3n) is 4.99. The van der Waals surface area contributed by atoms with E-state index in [2.05, 4.69) is 21.7 Å². The molecule has 0 saturated carbocycles. The summed E-state index contributed by atoms with van der Waals surface area (Å²) in [5.41, 5.74) is 2.86. The minimum absolute atomic E-state index is 0.0825. The molecule has 2 heterocycles. The van der Waals surface area contributed by atoms with Crippen LogP contribution in [0.5, 0.6) is 0 Å². The fourth-order valence-corrected chi connectivity index (χ4v) is 4.45. The molecule has 156 valence electrons. The van der Waals surface area contributed by atoms with Crippen LogP contribution in [-0.4, -0.2) is 51.8 Å². The number of fused-ring (bicyclic) bond motifs is 1. The van der Waals surface area contributed by atoms with E-state index in [0.29, 0.717) is 16.7 Å². The van der Waals surface area contributed by atoms with E-state index in [-0.39, 0.29) is 18.3 Å². The van der Waals surface area contributed by atoms with Crippen molar-refractivity contribution in [3.63, 3.8) is 0 Å². The van der Waals surface area contributed by atoms with Crippen LogP contribution in [0.3, 0.4) is 0 Å². The van der Waals surface area contributed by atoms with Crippen molar-refractivity contribution in [2.45, 2.75) is 24.5 Å². The van der Waals surface area contributed by atoms with E-state index < -0.39 is 5.97 Å². The first-order chi connectivity index (χ1) is 14.6. The lowest BCUT2D eigenvalue weighted by molar-refractivity contribution is -0.149. The Morgan fingerprint density at radius 1 is 1.10 bits per heavy atom. The number of esters is 1. The molecule has 1 saturated heterocycles. The SMILES string of the molecule is O=C(CSc1nc2cc(Cl)ccc2n1Cc1ccccc1)OCC(=O)N1CCCC1. The van der Waals surface area contributed by atoms with Gasteiger partial charge in [0.1, 0.15) is 0 Å². The lowest BCUT2D eigenvalue weighted by atomic mass is 10.2. The Hall–Kier alpha value is -2.51. The molecule has 0 bridgehead atoms. The van der Waals surface area contributed by atoms with Gasteiger partial charge in [-0.05, 0) is 36.6 Å². The molecule has 4 rings (SSSR count). The van der Waals surface area contributed by atoms with Crippen molar-refractivity contribution in [3.05, 3.63) is 59.1 Å². The quantitative estimate of drug-likeness (QED) is 0.408. The Morgan fingerprint density at radius 2 is 1.87 bits per heavy atom. The second-order valence-electron chi connectivity index (χ2n) is 7.14. The number of rotatable bonds is 7. The molecule has 1 fully saturated rings. The first-order valence-corrected chi connectivity index (χ1v) is 11.2. The molecule has 1 aliphatic heterocycles. The molecule has 1 amide bonds. The van der Waals surface area contributed by atoms with Gasteiger partial charge in [0.15, 0.2) is 11.8 Å². The van der Waals surface area contributed by atoms with Gasteiger partial charge in [0.2, 0.25) is 0 Å². The molecule has 6 nitrogen and oxygen atoms in total. The molecule has 3 aromatic rings. The number of carbonyl (C=O) groups excluding carboxylic acids is 2. The highest BCUT2D eigenvalue weighted by molar-refractivity contribution is 7.99.